The van der Waals surface area contributed by atoms with Crippen LogP contribution in [0.4, 0.5) is 8.78 Å². The van der Waals surface area contributed by atoms with Crippen molar-refractivity contribution in [2.75, 3.05) is 7.11 Å². The number of hydrogen-bond acceptors (Lipinski definition) is 4. The van der Waals surface area contributed by atoms with E-state index < -0.39 is 6.61 Å². The molecule has 0 spiro atoms. The molecule has 2 aromatic rings. The van der Waals surface area contributed by atoms with Crippen molar-refractivity contribution in [3.63, 3.8) is 0 Å². The van der Waals surface area contributed by atoms with Crippen LogP contribution in [-0.2, 0) is 6.54 Å². The van der Waals surface area contributed by atoms with Crippen molar-refractivity contribution < 1.29 is 22.7 Å². The first kappa shape index (κ1) is 15.3. The summed E-state index contributed by atoms with van der Waals surface area (Å²) in [6.07, 6.45) is 1.61. The minimum Gasteiger partial charge on any atom is -0.493 e. The summed E-state index contributed by atoms with van der Waals surface area (Å²) in [7, 11) is 1.41. The Morgan fingerprint density at radius 2 is 2.05 bits per heavy atom. The van der Waals surface area contributed by atoms with Crippen molar-refractivity contribution in [3.05, 3.63) is 47.9 Å². The van der Waals surface area contributed by atoms with E-state index in [4.69, 9.17) is 9.15 Å². The van der Waals surface area contributed by atoms with Gasteiger partial charge in [-0.25, -0.2) is 0 Å². The number of halogens is 2. The monoisotopic (exact) mass is 297 g/mol. The van der Waals surface area contributed by atoms with Gasteiger partial charge < -0.3 is 19.2 Å². The van der Waals surface area contributed by atoms with Crippen LogP contribution >= 0.6 is 0 Å². The molecule has 1 aromatic heterocycles. The molecule has 2 rings (SSSR count). The number of ether oxygens (including phenoxy) is 2. The van der Waals surface area contributed by atoms with Gasteiger partial charge in [0, 0.05) is 6.54 Å². The van der Waals surface area contributed by atoms with E-state index in [-0.39, 0.29) is 17.5 Å². The zero-order valence-electron chi connectivity index (χ0n) is 11.8. The molecule has 1 unspecified atom stereocenters. The molecule has 0 saturated carbocycles. The van der Waals surface area contributed by atoms with Gasteiger partial charge in [-0.3, -0.25) is 0 Å². The van der Waals surface area contributed by atoms with E-state index in [9.17, 15) is 8.78 Å². The normalized spacial score (nSPS) is 12.4. The number of methoxy groups -OCH3 is 1. The van der Waals surface area contributed by atoms with E-state index in [0.29, 0.717) is 6.54 Å². The Labute approximate surface area is 121 Å². The van der Waals surface area contributed by atoms with Crippen LogP contribution in [0, 0.1) is 0 Å². The average Bonchev–Trinajstić information content (AvgIpc) is 2.98. The molecule has 1 N–H and O–H groups in total. The van der Waals surface area contributed by atoms with Crippen LogP contribution in [0.15, 0.2) is 41.0 Å². The number of benzene rings is 1. The molecule has 0 amide bonds. The number of alkyl halides is 2. The summed E-state index contributed by atoms with van der Waals surface area (Å²) in [5.74, 6) is 1.11. The first-order valence-corrected chi connectivity index (χ1v) is 6.48. The van der Waals surface area contributed by atoms with Gasteiger partial charge in [0.15, 0.2) is 11.5 Å². The first-order chi connectivity index (χ1) is 10.1. The molecule has 0 saturated heterocycles. The van der Waals surface area contributed by atoms with Crippen molar-refractivity contribution >= 4 is 0 Å². The van der Waals surface area contributed by atoms with E-state index in [2.05, 4.69) is 10.1 Å². The van der Waals surface area contributed by atoms with E-state index in [1.54, 1.807) is 18.4 Å². The Morgan fingerprint density at radius 1 is 1.24 bits per heavy atom. The minimum atomic E-state index is -2.89. The van der Waals surface area contributed by atoms with E-state index in [0.717, 1.165) is 11.3 Å². The predicted molar refractivity (Wildman–Crippen MR) is 73.6 cm³/mol. The Bertz CT molecular complexity index is 558. The molecule has 1 heterocycles. The number of rotatable bonds is 7. The largest absolute Gasteiger partial charge is 0.493 e. The summed E-state index contributed by atoms with van der Waals surface area (Å²) < 4.78 is 39.5. The Balaban J connectivity index is 2.03. The van der Waals surface area contributed by atoms with Crippen molar-refractivity contribution in [3.8, 4) is 11.5 Å². The maximum absolute atomic E-state index is 12.4. The molecule has 0 aliphatic rings. The second-order valence-electron chi connectivity index (χ2n) is 4.48. The molecule has 0 radical (unpaired) electrons. The van der Waals surface area contributed by atoms with Crippen LogP contribution in [0.2, 0.25) is 0 Å². The molecule has 0 aliphatic heterocycles. The van der Waals surface area contributed by atoms with Crippen molar-refractivity contribution in [1.82, 2.24) is 5.32 Å². The molecule has 1 atom stereocenters. The molecule has 0 fully saturated rings. The lowest BCUT2D eigenvalue weighted by atomic mass is 10.1. The molecule has 21 heavy (non-hydrogen) atoms. The summed E-state index contributed by atoms with van der Waals surface area (Å²) in [5, 5.41) is 3.24. The summed E-state index contributed by atoms with van der Waals surface area (Å²) in [4.78, 5) is 0. The van der Waals surface area contributed by atoms with Crippen LogP contribution < -0.4 is 14.8 Å². The molecular formula is C15H17F2NO3. The lowest BCUT2D eigenvalue weighted by Crippen LogP contribution is -2.17. The van der Waals surface area contributed by atoms with Crippen LogP contribution in [0.1, 0.15) is 24.3 Å². The molecule has 114 valence electrons. The molecular weight excluding hydrogens is 280 g/mol. The zero-order valence-corrected chi connectivity index (χ0v) is 11.8. The molecule has 0 aliphatic carbocycles. The fourth-order valence-corrected chi connectivity index (χ4v) is 1.93. The highest BCUT2D eigenvalue weighted by atomic mass is 19.3. The SMILES string of the molecule is COc1ccc(CNC(C)c2ccco2)cc1OC(F)F. The highest BCUT2D eigenvalue weighted by Gasteiger charge is 2.12. The third kappa shape index (κ3) is 4.19. The van der Waals surface area contributed by atoms with Crippen LogP contribution in [0.3, 0.4) is 0 Å². The van der Waals surface area contributed by atoms with Crippen LogP contribution in [0.5, 0.6) is 11.5 Å². The van der Waals surface area contributed by atoms with Crippen molar-refractivity contribution in [2.45, 2.75) is 26.1 Å². The molecule has 0 bridgehead atoms. The summed E-state index contributed by atoms with van der Waals surface area (Å²) in [5.41, 5.74) is 0.810. The Morgan fingerprint density at radius 3 is 2.67 bits per heavy atom. The lowest BCUT2D eigenvalue weighted by molar-refractivity contribution is -0.0512. The highest BCUT2D eigenvalue weighted by molar-refractivity contribution is 5.43. The standard InChI is InChI=1S/C15H17F2NO3/c1-10(12-4-3-7-20-12)18-9-11-5-6-13(19-2)14(8-11)21-15(16)17/h3-8,10,15,18H,9H2,1-2H3. The molecule has 4 nitrogen and oxygen atoms in total. The average molecular weight is 297 g/mol. The fourth-order valence-electron chi connectivity index (χ4n) is 1.93. The van der Waals surface area contributed by atoms with Crippen molar-refractivity contribution in [2.24, 2.45) is 0 Å². The topological polar surface area (TPSA) is 43.6 Å². The third-order valence-electron chi connectivity index (χ3n) is 3.03. The fraction of sp³-hybridized carbons (Fsp3) is 0.333. The molecule has 1 aromatic carbocycles. The quantitative estimate of drug-likeness (QED) is 0.845. The van der Waals surface area contributed by atoms with Gasteiger partial charge in [0.05, 0.1) is 19.4 Å². The van der Waals surface area contributed by atoms with Crippen LogP contribution in [0.25, 0.3) is 0 Å². The van der Waals surface area contributed by atoms with E-state index in [1.807, 2.05) is 19.1 Å². The summed E-state index contributed by atoms with van der Waals surface area (Å²) in [6, 6.07) is 8.63. The number of hydrogen-bond donors (Lipinski definition) is 1. The smallest absolute Gasteiger partial charge is 0.387 e. The first-order valence-electron chi connectivity index (χ1n) is 6.48. The highest BCUT2D eigenvalue weighted by Crippen LogP contribution is 2.29. The van der Waals surface area contributed by atoms with Crippen LogP contribution in [-0.4, -0.2) is 13.7 Å². The number of nitrogens with one attached hydrogen (secondary N) is 1. The Kier molecular flexibility index (Phi) is 5.16. The minimum absolute atomic E-state index is 0.0153. The maximum atomic E-state index is 12.4. The summed E-state index contributed by atoms with van der Waals surface area (Å²) in [6.45, 7) is -0.436. The maximum Gasteiger partial charge on any atom is 0.387 e. The van der Waals surface area contributed by atoms with Gasteiger partial charge >= 0.3 is 6.61 Å². The van der Waals surface area contributed by atoms with Gasteiger partial charge in [0.2, 0.25) is 0 Å². The van der Waals surface area contributed by atoms with Gasteiger partial charge in [0.25, 0.3) is 0 Å². The predicted octanol–water partition coefficient (Wildman–Crippen LogP) is 3.74. The van der Waals surface area contributed by atoms with Gasteiger partial charge in [-0.2, -0.15) is 8.78 Å². The van der Waals surface area contributed by atoms with Gasteiger partial charge in [-0.15, -0.1) is 0 Å². The van der Waals surface area contributed by atoms with Crippen molar-refractivity contribution in [1.29, 1.82) is 0 Å². The van der Waals surface area contributed by atoms with Gasteiger partial charge in [-0.1, -0.05) is 6.07 Å². The Hall–Kier alpha value is -2.08. The molecule has 6 heteroatoms. The summed E-state index contributed by atoms with van der Waals surface area (Å²) >= 11 is 0. The van der Waals surface area contributed by atoms with E-state index in [1.165, 1.54) is 13.2 Å². The lowest BCUT2D eigenvalue weighted by Gasteiger charge is -2.14. The van der Waals surface area contributed by atoms with Gasteiger partial charge in [-0.05, 0) is 36.8 Å². The van der Waals surface area contributed by atoms with E-state index >= 15 is 0 Å². The third-order valence-corrected chi connectivity index (χ3v) is 3.03. The second-order valence-corrected chi connectivity index (χ2v) is 4.48. The zero-order chi connectivity index (χ0) is 15.2. The van der Waals surface area contributed by atoms with Gasteiger partial charge in [0.1, 0.15) is 5.76 Å². The second kappa shape index (κ2) is 7.08. The number of furan rings is 1.